The number of imide groups is 1. The molecule has 8 heteroatoms. The van der Waals surface area contributed by atoms with Crippen molar-refractivity contribution in [1.29, 1.82) is 0 Å². The SMILES string of the molecule is CC1(c2cccnc2)NC(=O)N(Cc2csc(-c3ccco3)n2)C1=O. The zero-order chi connectivity index (χ0) is 17.4. The molecule has 7 nitrogen and oxygen atoms in total. The molecule has 4 heterocycles. The minimum absolute atomic E-state index is 0.109. The lowest BCUT2D eigenvalue weighted by atomic mass is 9.93. The largest absolute Gasteiger partial charge is 0.462 e. The zero-order valence-corrected chi connectivity index (χ0v) is 14.1. The Balaban J connectivity index is 1.57. The Morgan fingerprint density at radius 1 is 1.32 bits per heavy atom. The number of furan rings is 1. The van der Waals surface area contributed by atoms with E-state index in [1.165, 1.54) is 16.2 Å². The van der Waals surface area contributed by atoms with Crippen molar-refractivity contribution in [2.45, 2.75) is 19.0 Å². The first-order valence-corrected chi connectivity index (χ1v) is 8.49. The maximum Gasteiger partial charge on any atom is 0.325 e. The smallest absolute Gasteiger partial charge is 0.325 e. The van der Waals surface area contributed by atoms with E-state index in [2.05, 4.69) is 15.3 Å². The van der Waals surface area contributed by atoms with E-state index in [4.69, 9.17) is 4.42 Å². The van der Waals surface area contributed by atoms with E-state index in [9.17, 15) is 9.59 Å². The van der Waals surface area contributed by atoms with Crippen LogP contribution in [0.1, 0.15) is 18.2 Å². The van der Waals surface area contributed by atoms with E-state index >= 15 is 0 Å². The predicted octanol–water partition coefficient (Wildman–Crippen LogP) is 2.77. The lowest BCUT2D eigenvalue weighted by Crippen LogP contribution is -2.40. The maximum absolute atomic E-state index is 12.8. The molecular formula is C17H14N4O3S. The van der Waals surface area contributed by atoms with Gasteiger partial charge in [0.15, 0.2) is 10.8 Å². The average molecular weight is 354 g/mol. The molecule has 0 aliphatic carbocycles. The molecule has 1 saturated heterocycles. The molecule has 3 aromatic rings. The van der Waals surface area contributed by atoms with Crippen LogP contribution in [0.2, 0.25) is 0 Å². The van der Waals surface area contributed by atoms with Crippen LogP contribution in [0.5, 0.6) is 0 Å². The van der Waals surface area contributed by atoms with Crippen LogP contribution in [-0.4, -0.2) is 26.8 Å². The van der Waals surface area contributed by atoms with Gasteiger partial charge in [0, 0.05) is 23.3 Å². The Bertz CT molecular complexity index is 923. The van der Waals surface area contributed by atoms with Crippen molar-refractivity contribution in [2.75, 3.05) is 0 Å². The molecule has 0 radical (unpaired) electrons. The molecule has 1 unspecified atom stereocenters. The van der Waals surface area contributed by atoms with Gasteiger partial charge in [-0.05, 0) is 25.1 Å². The van der Waals surface area contributed by atoms with Crippen LogP contribution in [-0.2, 0) is 16.9 Å². The number of urea groups is 1. The first-order chi connectivity index (χ1) is 12.1. The first-order valence-electron chi connectivity index (χ1n) is 7.61. The number of nitrogens with one attached hydrogen (secondary N) is 1. The van der Waals surface area contributed by atoms with Crippen molar-refractivity contribution in [3.8, 4) is 10.8 Å². The van der Waals surface area contributed by atoms with Crippen LogP contribution in [0.15, 0.2) is 52.7 Å². The quantitative estimate of drug-likeness (QED) is 0.728. The van der Waals surface area contributed by atoms with Crippen molar-refractivity contribution in [2.24, 2.45) is 0 Å². The standard InChI is InChI=1S/C17H14N4O3S/c1-17(11-4-2-6-18-8-11)15(22)21(16(23)20-17)9-12-10-25-14(19-12)13-5-3-7-24-13/h2-8,10H,9H2,1H3,(H,20,23). The Hall–Kier alpha value is -3.00. The van der Waals surface area contributed by atoms with Gasteiger partial charge >= 0.3 is 6.03 Å². The number of hydrogen-bond donors (Lipinski definition) is 1. The van der Waals surface area contributed by atoms with Gasteiger partial charge in [0.1, 0.15) is 5.54 Å². The summed E-state index contributed by atoms with van der Waals surface area (Å²) in [6, 6.07) is 6.66. The summed E-state index contributed by atoms with van der Waals surface area (Å²) >= 11 is 1.40. The Morgan fingerprint density at radius 3 is 2.92 bits per heavy atom. The number of carbonyl (C=O) groups excluding carboxylic acids is 2. The summed E-state index contributed by atoms with van der Waals surface area (Å²) in [4.78, 5) is 34.8. The van der Waals surface area contributed by atoms with Crippen LogP contribution in [0.25, 0.3) is 10.8 Å². The predicted molar refractivity (Wildman–Crippen MR) is 90.5 cm³/mol. The number of rotatable bonds is 4. The first kappa shape index (κ1) is 15.5. The van der Waals surface area contributed by atoms with Crippen LogP contribution in [0.3, 0.4) is 0 Å². The average Bonchev–Trinajstić information content (AvgIpc) is 3.34. The number of thiazole rings is 1. The number of pyridine rings is 1. The van der Waals surface area contributed by atoms with Crippen LogP contribution >= 0.6 is 11.3 Å². The van der Waals surface area contributed by atoms with E-state index in [1.807, 2.05) is 11.4 Å². The lowest BCUT2D eigenvalue weighted by molar-refractivity contribution is -0.131. The van der Waals surface area contributed by atoms with E-state index in [0.717, 1.165) is 0 Å². The molecule has 0 saturated carbocycles. The minimum Gasteiger partial charge on any atom is -0.462 e. The van der Waals surface area contributed by atoms with Gasteiger partial charge in [-0.25, -0.2) is 9.78 Å². The van der Waals surface area contributed by atoms with Crippen molar-refractivity contribution in [3.63, 3.8) is 0 Å². The van der Waals surface area contributed by atoms with Gasteiger partial charge < -0.3 is 9.73 Å². The Labute approximate surface area is 147 Å². The molecule has 0 spiro atoms. The number of carbonyl (C=O) groups is 2. The summed E-state index contributed by atoms with van der Waals surface area (Å²) in [6.07, 6.45) is 4.78. The van der Waals surface area contributed by atoms with Crippen LogP contribution in [0, 0.1) is 0 Å². The van der Waals surface area contributed by atoms with Gasteiger partial charge in [-0.15, -0.1) is 11.3 Å². The molecule has 1 fully saturated rings. The highest BCUT2D eigenvalue weighted by atomic mass is 32.1. The molecule has 0 aromatic carbocycles. The fourth-order valence-electron chi connectivity index (χ4n) is 2.75. The third kappa shape index (κ3) is 2.60. The Morgan fingerprint density at radius 2 is 2.20 bits per heavy atom. The van der Waals surface area contributed by atoms with E-state index in [-0.39, 0.29) is 12.5 Å². The summed E-state index contributed by atoms with van der Waals surface area (Å²) in [5.74, 6) is 0.340. The summed E-state index contributed by atoms with van der Waals surface area (Å²) in [5.41, 5.74) is 0.159. The van der Waals surface area contributed by atoms with E-state index in [0.29, 0.717) is 22.0 Å². The van der Waals surface area contributed by atoms with Gasteiger partial charge in [0.2, 0.25) is 0 Å². The van der Waals surface area contributed by atoms with Gasteiger partial charge in [-0.3, -0.25) is 14.7 Å². The second-order valence-corrected chi connectivity index (χ2v) is 6.67. The second-order valence-electron chi connectivity index (χ2n) is 5.81. The lowest BCUT2D eigenvalue weighted by Gasteiger charge is -2.21. The van der Waals surface area contributed by atoms with E-state index in [1.54, 1.807) is 43.8 Å². The number of nitrogens with zero attached hydrogens (tertiary/aromatic N) is 3. The summed E-state index contributed by atoms with van der Waals surface area (Å²) in [7, 11) is 0. The summed E-state index contributed by atoms with van der Waals surface area (Å²) in [5, 5.41) is 5.28. The van der Waals surface area contributed by atoms with Crippen molar-refractivity contribution in [1.82, 2.24) is 20.2 Å². The van der Waals surface area contributed by atoms with Gasteiger partial charge in [0.05, 0.1) is 18.5 Å². The van der Waals surface area contributed by atoms with E-state index < -0.39 is 11.6 Å². The second kappa shape index (κ2) is 5.82. The maximum atomic E-state index is 12.8. The highest BCUT2D eigenvalue weighted by Gasteiger charge is 2.49. The highest BCUT2D eigenvalue weighted by molar-refractivity contribution is 7.13. The highest BCUT2D eigenvalue weighted by Crippen LogP contribution is 2.30. The third-order valence-electron chi connectivity index (χ3n) is 4.12. The fraction of sp³-hybridized carbons (Fsp3) is 0.176. The van der Waals surface area contributed by atoms with Crippen molar-refractivity contribution in [3.05, 3.63) is 59.6 Å². The number of aromatic nitrogens is 2. The van der Waals surface area contributed by atoms with Crippen LogP contribution < -0.4 is 5.32 Å². The van der Waals surface area contributed by atoms with Crippen LogP contribution in [0.4, 0.5) is 4.79 Å². The molecule has 4 rings (SSSR count). The van der Waals surface area contributed by atoms with Gasteiger partial charge in [-0.2, -0.15) is 0 Å². The zero-order valence-electron chi connectivity index (χ0n) is 13.3. The fourth-order valence-corrected chi connectivity index (χ4v) is 3.53. The molecule has 126 valence electrons. The minimum atomic E-state index is -1.12. The molecular weight excluding hydrogens is 340 g/mol. The summed E-state index contributed by atoms with van der Waals surface area (Å²) in [6.45, 7) is 1.79. The summed E-state index contributed by atoms with van der Waals surface area (Å²) < 4.78 is 5.32. The molecule has 25 heavy (non-hydrogen) atoms. The number of hydrogen-bond acceptors (Lipinski definition) is 6. The monoisotopic (exact) mass is 354 g/mol. The van der Waals surface area contributed by atoms with Gasteiger partial charge in [-0.1, -0.05) is 6.07 Å². The molecule has 1 N–H and O–H groups in total. The number of amides is 3. The third-order valence-corrected chi connectivity index (χ3v) is 5.02. The van der Waals surface area contributed by atoms with Crippen molar-refractivity contribution >= 4 is 23.3 Å². The molecule has 1 atom stereocenters. The topological polar surface area (TPSA) is 88.3 Å². The van der Waals surface area contributed by atoms with Gasteiger partial charge in [0.25, 0.3) is 5.91 Å². The Kier molecular flexibility index (Phi) is 3.61. The normalized spacial score (nSPS) is 20.1. The molecule has 3 aromatic heterocycles. The van der Waals surface area contributed by atoms with Crippen molar-refractivity contribution < 1.29 is 14.0 Å². The molecule has 1 aliphatic heterocycles. The molecule has 0 bridgehead atoms. The molecule has 1 aliphatic rings. The molecule has 3 amide bonds.